The minimum atomic E-state index is -0.116. The average molecular weight is 121 g/mol. The van der Waals surface area contributed by atoms with Gasteiger partial charge in [0.15, 0.2) is 5.22 Å². The van der Waals surface area contributed by atoms with Crippen molar-refractivity contribution in [2.75, 3.05) is 0 Å². The van der Waals surface area contributed by atoms with Gasteiger partial charge in [-0.3, -0.25) is 0 Å². The molecule has 0 fully saturated rings. The van der Waals surface area contributed by atoms with E-state index in [1.807, 2.05) is 13.8 Å². The van der Waals surface area contributed by atoms with Gasteiger partial charge in [-0.15, -0.1) is 0 Å². The molecule has 0 aromatic heterocycles. The largest absolute Gasteiger partial charge is 0.499 e. The van der Waals surface area contributed by atoms with E-state index in [4.69, 9.17) is 16.7 Å². The molecule has 0 spiro atoms. The number of aliphatic hydroxyl groups is 1. The molecule has 0 bridgehead atoms. The lowest BCUT2D eigenvalue weighted by molar-refractivity contribution is 0.446. The van der Waals surface area contributed by atoms with Crippen molar-refractivity contribution in [1.29, 1.82) is 0 Å². The third-order valence-electron chi connectivity index (χ3n) is 0.471. The summed E-state index contributed by atoms with van der Waals surface area (Å²) in [6, 6.07) is 0. The summed E-state index contributed by atoms with van der Waals surface area (Å²) >= 11 is 5.09. The fourth-order valence-electron chi connectivity index (χ4n) is 0.275. The standard InChI is InChI=1S/C5H9ClO/c1-4(2)3-5(6)7/h3-4,7H,1-2H3/b5-3+. The molecule has 0 aromatic rings. The minimum Gasteiger partial charge on any atom is -0.499 e. The van der Waals surface area contributed by atoms with Crippen molar-refractivity contribution in [1.82, 2.24) is 0 Å². The van der Waals surface area contributed by atoms with E-state index in [9.17, 15) is 0 Å². The summed E-state index contributed by atoms with van der Waals surface area (Å²) in [7, 11) is 0. The molecule has 1 nitrogen and oxygen atoms in total. The first-order chi connectivity index (χ1) is 3.13. The number of allylic oxidation sites excluding steroid dienone is 1. The lowest BCUT2D eigenvalue weighted by Gasteiger charge is -1.90. The topological polar surface area (TPSA) is 20.2 Å². The Labute approximate surface area is 48.6 Å². The lowest BCUT2D eigenvalue weighted by atomic mass is 10.2. The molecule has 0 saturated carbocycles. The van der Waals surface area contributed by atoms with E-state index in [0.29, 0.717) is 5.92 Å². The zero-order valence-corrected chi connectivity index (χ0v) is 5.24. The van der Waals surface area contributed by atoms with Crippen LogP contribution in [0.15, 0.2) is 11.3 Å². The molecule has 0 heterocycles. The Kier molecular flexibility index (Phi) is 2.84. The Morgan fingerprint density at radius 2 is 2.14 bits per heavy atom. The van der Waals surface area contributed by atoms with Gasteiger partial charge in [-0.25, -0.2) is 0 Å². The highest BCUT2D eigenvalue weighted by atomic mass is 35.5. The van der Waals surface area contributed by atoms with Crippen molar-refractivity contribution in [3.8, 4) is 0 Å². The van der Waals surface area contributed by atoms with Crippen LogP contribution in [0.1, 0.15) is 13.8 Å². The number of halogens is 1. The van der Waals surface area contributed by atoms with Gasteiger partial charge < -0.3 is 5.11 Å². The van der Waals surface area contributed by atoms with Gasteiger partial charge in [0.05, 0.1) is 0 Å². The number of hydrogen-bond acceptors (Lipinski definition) is 1. The molecular formula is C5H9ClO. The quantitative estimate of drug-likeness (QED) is 0.527. The molecule has 0 amide bonds. The summed E-state index contributed by atoms with van der Waals surface area (Å²) < 4.78 is 0. The van der Waals surface area contributed by atoms with Gasteiger partial charge in [-0.05, 0) is 23.6 Å². The van der Waals surface area contributed by atoms with E-state index >= 15 is 0 Å². The molecule has 0 rings (SSSR count). The van der Waals surface area contributed by atoms with E-state index in [2.05, 4.69) is 0 Å². The molecule has 0 aromatic carbocycles. The highest BCUT2D eigenvalue weighted by Gasteiger charge is 1.86. The van der Waals surface area contributed by atoms with E-state index in [0.717, 1.165) is 0 Å². The van der Waals surface area contributed by atoms with Crippen LogP contribution < -0.4 is 0 Å². The third-order valence-corrected chi connectivity index (χ3v) is 0.597. The van der Waals surface area contributed by atoms with Crippen molar-refractivity contribution in [2.45, 2.75) is 13.8 Å². The number of rotatable bonds is 1. The number of hydrogen-bond donors (Lipinski definition) is 1. The zero-order valence-electron chi connectivity index (χ0n) is 4.48. The van der Waals surface area contributed by atoms with Crippen molar-refractivity contribution in [3.05, 3.63) is 11.3 Å². The van der Waals surface area contributed by atoms with Crippen LogP contribution in [0.25, 0.3) is 0 Å². The van der Waals surface area contributed by atoms with E-state index in [1.165, 1.54) is 0 Å². The van der Waals surface area contributed by atoms with Crippen LogP contribution in [-0.4, -0.2) is 5.11 Å². The Bertz CT molecular complexity index is 72.1. The predicted octanol–water partition coefficient (Wildman–Crippen LogP) is 2.28. The molecule has 0 saturated heterocycles. The predicted molar refractivity (Wildman–Crippen MR) is 31.4 cm³/mol. The summed E-state index contributed by atoms with van der Waals surface area (Å²) in [4.78, 5) is 0. The van der Waals surface area contributed by atoms with Gasteiger partial charge in [-0.1, -0.05) is 13.8 Å². The SMILES string of the molecule is CC(C)/C=C(/O)Cl. The van der Waals surface area contributed by atoms with Gasteiger partial charge in [0.1, 0.15) is 0 Å². The summed E-state index contributed by atoms with van der Waals surface area (Å²) in [6.45, 7) is 3.89. The van der Waals surface area contributed by atoms with Crippen molar-refractivity contribution >= 4 is 11.6 Å². The Balaban J connectivity index is 3.45. The van der Waals surface area contributed by atoms with Gasteiger partial charge in [0.25, 0.3) is 0 Å². The van der Waals surface area contributed by atoms with Gasteiger partial charge in [-0.2, -0.15) is 0 Å². The highest BCUT2D eigenvalue weighted by Crippen LogP contribution is 2.01. The summed E-state index contributed by atoms with van der Waals surface area (Å²) in [6.07, 6.45) is 1.57. The molecule has 0 radical (unpaired) electrons. The van der Waals surface area contributed by atoms with Crippen LogP contribution in [0.4, 0.5) is 0 Å². The van der Waals surface area contributed by atoms with Crippen LogP contribution in [0, 0.1) is 5.92 Å². The molecule has 1 N–H and O–H groups in total. The lowest BCUT2D eigenvalue weighted by Crippen LogP contribution is -1.78. The van der Waals surface area contributed by atoms with Crippen LogP contribution >= 0.6 is 11.6 Å². The normalized spacial score (nSPS) is 12.9. The third kappa shape index (κ3) is 5.83. The molecular weight excluding hydrogens is 112 g/mol. The molecule has 0 aliphatic carbocycles. The van der Waals surface area contributed by atoms with Crippen LogP contribution in [0.3, 0.4) is 0 Å². The average Bonchev–Trinajstić information content (AvgIpc) is 1.27. The molecule has 0 atom stereocenters. The first-order valence-corrected chi connectivity index (χ1v) is 2.57. The molecule has 0 aliphatic rings. The maximum absolute atomic E-state index is 8.35. The smallest absolute Gasteiger partial charge is 0.180 e. The summed E-state index contributed by atoms with van der Waals surface area (Å²) in [5.41, 5.74) is 0. The van der Waals surface area contributed by atoms with Crippen molar-refractivity contribution in [2.24, 2.45) is 5.92 Å². The fraction of sp³-hybridized carbons (Fsp3) is 0.600. The van der Waals surface area contributed by atoms with Crippen molar-refractivity contribution < 1.29 is 5.11 Å². The van der Waals surface area contributed by atoms with Crippen LogP contribution in [0.2, 0.25) is 0 Å². The maximum Gasteiger partial charge on any atom is 0.180 e. The summed E-state index contributed by atoms with van der Waals surface area (Å²) in [5, 5.41) is 8.23. The molecule has 0 unspecified atom stereocenters. The maximum atomic E-state index is 8.35. The summed E-state index contributed by atoms with van der Waals surface area (Å²) in [5.74, 6) is 0.331. The molecule has 0 aliphatic heterocycles. The fourth-order valence-corrected chi connectivity index (χ4v) is 0.527. The monoisotopic (exact) mass is 120 g/mol. The second-order valence-corrected chi connectivity index (χ2v) is 2.12. The van der Waals surface area contributed by atoms with E-state index in [1.54, 1.807) is 6.08 Å². The first kappa shape index (κ1) is 6.83. The van der Waals surface area contributed by atoms with Crippen LogP contribution in [-0.2, 0) is 0 Å². The second kappa shape index (κ2) is 2.92. The van der Waals surface area contributed by atoms with Crippen LogP contribution in [0.5, 0.6) is 0 Å². The first-order valence-electron chi connectivity index (χ1n) is 2.19. The highest BCUT2D eigenvalue weighted by molar-refractivity contribution is 6.27. The molecule has 2 heteroatoms. The molecule has 42 valence electrons. The van der Waals surface area contributed by atoms with Gasteiger partial charge >= 0.3 is 0 Å². The minimum absolute atomic E-state index is 0.116. The Hall–Kier alpha value is -0.170. The Morgan fingerprint density at radius 3 is 2.14 bits per heavy atom. The second-order valence-electron chi connectivity index (χ2n) is 1.73. The Morgan fingerprint density at radius 1 is 1.71 bits per heavy atom. The zero-order chi connectivity index (χ0) is 5.86. The van der Waals surface area contributed by atoms with Gasteiger partial charge in [0.2, 0.25) is 0 Å². The molecule has 7 heavy (non-hydrogen) atoms. The van der Waals surface area contributed by atoms with E-state index < -0.39 is 0 Å². The van der Waals surface area contributed by atoms with Crippen molar-refractivity contribution in [3.63, 3.8) is 0 Å². The van der Waals surface area contributed by atoms with E-state index in [-0.39, 0.29) is 5.22 Å². The van der Waals surface area contributed by atoms with Gasteiger partial charge in [0, 0.05) is 0 Å². The number of aliphatic hydroxyl groups excluding tert-OH is 1.